The number of hydrogen-bond acceptors (Lipinski definition) is 4. The zero-order valence-electron chi connectivity index (χ0n) is 10.5. The molecule has 0 amide bonds. The number of carbonyl (C=O) groups is 1. The molecule has 0 aliphatic carbocycles. The summed E-state index contributed by atoms with van der Waals surface area (Å²) in [4.78, 5) is 16.4. The number of aromatic hydroxyl groups is 1. The minimum Gasteiger partial charge on any atom is -0.508 e. The molecular weight excluding hydrogens is 270 g/mol. The highest BCUT2D eigenvalue weighted by atomic mass is 32.1. The predicted octanol–water partition coefficient (Wildman–Crippen LogP) is 3.90. The molecule has 0 bridgehead atoms. The molecule has 0 atom stereocenters. The lowest BCUT2D eigenvalue weighted by molar-refractivity contribution is 0.104. The molecule has 0 unspecified atom stereocenters. The van der Waals surface area contributed by atoms with Crippen LogP contribution in [-0.2, 0) is 0 Å². The van der Waals surface area contributed by atoms with E-state index in [2.05, 4.69) is 4.98 Å². The van der Waals surface area contributed by atoms with Gasteiger partial charge in [-0.1, -0.05) is 30.3 Å². The summed E-state index contributed by atoms with van der Waals surface area (Å²) in [6.45, 7) is 0. The van der Waals surface area contributed by atoms with Gasteiger partial charge in [0.1, 0.15) is 5.75 Å². The van der Waals surface area contributed by atoms with Crippen LogP contribution in [0.5, 0.6) is 5.75 Å². The van der Waals surface area contributed by atoms with Gasteiger partial charge in [0.25, 0.3) is 0 Å². The standard InChI is InChI=1S/C16H11NO2S/c18-12-8-5-11(6-9-12)7-10-14(19)16-17-13-3-1-2-4-15(13)20-16/h1-10,18H/b10-7+. The van der Waals surface area contributed by atoms with Crippen LogP contribution in [0.15, 0.2) is 54.6 Å². The Morgan fingerprint density at radius 1 is 1.10 bits per heavy atom. The summed E-state index contributed by atoms with van der Waals surface area (Å²) in [5, 5.41) is 9.68. The molecule has 3 rings (SSSR count). The van der Waals surface area contributed by atoms with E-state index in [1.807, 2.05) is 24.3 Å². The van der Waals surface area contributed by atoms with E-state index in [9.17, 15) is 9.90 Å². The number of allylic oxidation sites excluding steroid dienone is 1. The van der Waals surface area contributed by atoms with Crippen LogP contribution in [0.2, 0.25) is 0 Å². The van der Waals surface area contributed by atoms with Crippen molar-refractivity contribution < 1.29 is 9.90 Å². The van der Waals surface area contributed by atoms with Crippen LogP contribution >= 0.6 is 11.3 Å². The quantitative estimate of drug-likeness (QED) is 0.585. The van der Waals surface area contributed by atoms with Crippen molar-refractivity contribution in [3.8, 4) is 5.75 Å². The fourth-order valence-corrected chi connectivity index (χ4v) is 2.69. The van der Waals surface area contributed by atoms with Gasteiger partial charge in [0, 0.05) is 0 Å². The summed E-state index contributed by atoms with van der Waals surface area (Å²) in [7, 11) is 0. The number of phenols is 1. The van der Waals surface area contributed by atoms with Crippen molar-refractivity contribution in [2.75, 3.05) is 0 Å². The molecule has 1 N–H and O–H groups in total. The van der Waals surface area contributed by atoms with E-state index >= 15 is 0 Å². The number of para-hydroxylation sites is 1. The first-order chi connectivity index (χ1) is 9.72. The monoisotopic (exact) mass is 281 g/mol. The number of benzene rings is 2. The molecule has 0 fully saturated rings. The van der Waals surface area contributed by atoms with E-state index in [1.54, 1.807) is 30.3 Å². The molecule has 98 valence electrons. The largest absolute Gasteiger partial charge is 0.508 e. The first-order valence-electron chi connectivity index (χ1n) is 6.09. The maximum atomic E-state index is 12.1. The van der Waals surface area contributed by atoms with E-state index in [1.165, 1.54) is 17.4 Å². The highest BCUT2D eigenvalue weighted by molar-refractivity contribution is 7.20. The Balaban J connectivity index is 1.83. The summed E-state index contributed by atoms with van der Waals surface area (Å²) in [5.74, 6) is 0.0962. The second-order valence-corrected chi connectivity index (χ2v) is 5.31. The summed E-state index contributed by atoms with van der Waals surface area (Å²) in [5.41, 5.74) is 1.70. The molecule has 0 aliphatic rings. The third-order valence-corrected chi connectivity index (χ3v) is 3.88. The average Bonchev–Trinajstić information content (AvgIpc) is 2.90. The van der Waals surface area contributed by atoms with E-state index < -0.39 is 0 Å². The second-order valence-electron chi connectivity index (χ2n) is 4.28. The topological polar surface area (TPSA) is 50.2 Å². The number of thiazole rings is 1. The maximum Gasteiger partial charge on any atom is 0.214 e. The van der Waals surface area contributed by atoms with E-state index in [-0.39, 0.29) is 11.5 Å². The van der Waals surface area contributed by atoms with Crippen LogP contribution in [-0.4, -0.2) is 15.9 Å². The van der Waals surface area contributed by atoms with Gasteiger partial charge < -0.3 is 5.11 Å². The third-order valence-electron chi connectivity index (χ3n) is 2.82. The Morgan fingerprint density at radius 2 is 1.85 bits per heavy atom. The minimum absolute atomic E-state index is 0.112. The molecule has 1 aromatic heterocycles. The third kappa shape index (κ3) is 2.60. The molecule has 20 heavy (non-hydrogen) atoms. The molecule has 0 radical (unpaired) electrons. The van der Waals surface area contributed by atoms with Gasteiger partial charge in [0.15, 0.2) is 5.01 Å². The highest BCUT2D eigenvalue weighted by Crippen LogP contribution is 2.22. The number of aromatic nitrogens is 1. The van der Waals surface area contributed by atoms with Crippen LogP contribution in [0, 0.1) is 0 Å². The van der Waals surface area contributed by atoms with Crippen molar-refractivity contribution >= 4 is 33.4 Å². The van der Waals surface area contributed by atoms with E-state index in [4.69, 9.17) is 0 Å². The van der Waals surface area contributed by atoms with Crippen molar-refractivity contribution in [3.63, 3.8) is 0 Å². The molecule has 0 aliphatic heterocycles. The molecule has 0 saturated carbocycles. The van der Waals surface area contributed by atoms with Gasteiger partial charge in [0.2, 0.25) is 5.78 Å². The van der Waals surface area contributed by atoms with Gasteiger partial charge in [-0.2, -0.15) is 0 Å². The van der Waals surface area contributed by atoms with E-state index in [0.29, 0.717) is 5.01 Å². The minimum atomic E-state index is -0.112. The SMILES string of the molecule is O=C(/C=C/c1ccc(O)cc1)c1nc2ccccc2s1. The van der Waals surface area contributed by atoms with Crippen molar-refractivity contribution in [2.24, 2.45) is 0 Å². The molecule has 2 aromatic carbocycles. The molecule has 1 heterocycles. The number of nitrogens with zero attached hydrogens (tertiary/aromatic N) is 1. The lowest BCUT2D eigenvalue weighted by Crippen LogP contribution is -1.91. The number of rotatable bonds is 3. The normalized spacial score (nSPS) is 11.2. The number of carbonyl (C=O) groups excluding carboxylic acids is 1. The van der Waals surface area contributed by atoms with Gasteiger partial charge in [-0.3, -0.25) is 4.79 Å². The molecule has 4 heteroatoms. The summed E-state index contributed by atoms with van der Waals surface area (Å²) < 4.78 is 1.01. The summed E-state index contributed by atoms with van der Waals surface area (Å²) >= 11 is 1.39. The molecule has 3 aromatic rings. The molecule has 0 saturated heterocycles. The van der Waals surface area contributed by atoms with Crippen molar-refractivity contribution in [1.29, 1.82) is 0 Å². The van der Waals surface area contributed by atoms with Gasteiger partial charge >= 0.3 is 0 Å². The van der Waals surface area contributed by atoms with Crippen LogP contribution in [0.4, 0.5) is 0 Å². The average molecular weight is 281 g/mol. The molecule has 3 nitrogen and oxygen atoms in total. The van der Waals surface area contributed by atoms with Gasteiger partial charge in [0.05, 0.1) is 10.2 Å². The Labute approximate surface area is 119 Å². The van der Waals surface area contributed by atoms with E-state index in [0.717, 1.165) is 15.8 Å². The number of hydrogen-bond donors (Lipinski definition) is 1. The Morgan fingerprint density at radius 3 is 2.60 bits per heavy atom. The number of ketones is 1. The van der Waals surface area contributed by atoms with Crippen molar-refractivity contribution in [1.82, 2.24) is 4.98 Å². The van der Waals surface area contributed by atoms with Crippen LogP contribution in [0.3, 0.4) is 0 Å². The lowest BCUT2D eigenvalue weighted by atomic mass is 10.2. The zero-order chi connectivity index (χ0) is 13.9. The summed E-state index contributed by atoms with van der Waals surface area (Å²) in [6, 6.07) is 14.3. The first kappa shape index (κ1) is 12.6. The Bertz CT molecular complexity index is 755. The summed E-state index contributed by atoms with van der Waals surface area (Å²) in [6.07, 6.45) is 3.22. The highest BCUT2D eigenvalue weighted by Gasteiger charge is 2.08. The van der Waals surface area contributed by atoms with Gasteiger partial charge in [-0.25, -0.2) is 4.98 Å². The zero-order valence-corrected chi connectivity index (χ0v) is 11.3. The van der Waals surface area contributed by atoms with Gasteiger partial charge in [-0.05, 0) is 35.9 Å². The Kier molecular flexibility index (Phi) is 3.31. The van der Waals surface area contributed by atoms with Crippen molar-refractivity contribution in [3.05, 3.63) is 65.2 Å². The van der Waals surface area contributed by atoms with Crippen LogP contribution in [0.25, 0.3) is 16.3 Å². The lowest BCUT2D eigenvalue weighted by Gasteiger charge is -1.93. The van der Waals surface area contributed by atoms with Crippen LogP contribution in [0.1, 0.15) is 15.4 Å². The number of fused-ring (bicyclic) bond motifs is 1. The maximum absolute atomic E-state index is 12.1. The number of phenolic OH excluding ortho intramolecular Hbond substituents is 1. The van der Waals surface area contributed by atoms with Crippen molar-refractivity contribution in [2.45, 2.75) is 0 Å². The van der Waals surface area contributed by atoms with Crippen LogP contribution < -0.4 is 0 Å². The fourth-order valence-electron chi connectivity index (χ4n) is 1.81. The Hall–Kier alpha value is -2.46. The smallest absolute Gasteiger partial charge is 0.214 e. The van der Waals surface area contributed by atoms with Gasteiger partial charge in [-0.15, -0.1) is 11.3 Å². The molecular formula is C16H11NO2S. The predicted molar refractivity (Wildman–Crippen MR) is 81.1 cm³/mol. The molecule has 0 spiro atoms. The fraction of sp³-hybridized carbons (Fsp3) is 0. The first-order valence-corrected chi connectivity index (χ1v) is 6.91. The second kappa shape index (κ2) is 5.27.